The molecule has 1 amide bonds. The molecule has 0 saturated heterocycles. The van der Waals surface area contributed by atoms with Crippen LogP contribution in [0.1, 0.15) is 30.1 Å². The zero-order valence-corrected chi connectivity index (χ0v) is 14.7. The normalized spacial score (nSPS) is 14.1. The molecule has 2 aromatic carbocycles. The Morgan fingerprint density at radius 2 is 1.80 bits per heavy atom. The van der Waals surface area contributed by atoms with E-state index in [1.807, 2.05) is 13.0 Å². The van der Waals surface area contributed by atoms with Gasteiger partial charge in [0, 0.05) is 11.6 Å². The summed E-state index contributed by atoms with van der Waals surface area (Å²) in [6.07, 6.45) is 1.75. The molecule has 0 radical (unpaired) electrons. The van der Waals surface area contributed by atoms with E-state index in [1.54, 1.807) is 18.2 Å². The quantitative estimate of drug-likeness (QED) is 0.795. The zero-order chi connectivity index (χ0) is 17.9. The van der Waals surface area contributed by atoms with Crippen LogP contribution < -0.4 is 14.8 Å². The number of hydrogen-bond acceptors (Lipinski definition) is 4. The summed E-state index contributed by atoms with van der Waals surface area (Å²) in [5, 5.41) is 2.78. The molecule has 1 saturated carbocycles. The second kappa shape index (κ2) is 7.25. The van der Waals surface area contributed by atoms with E-state index in [-0.39, 0.29) is 16.8 Å². The molecule has 6 nitrogen and oxygen atoms in total. The SMILES string of the molecule is CCOc1ccccc1NC(=O)c1ccc(S(=O)(=O)NC2CC2)cc1. The summed E-state index contributed by atoms with van der Waals surface area (Å²) < 4.78 is 32.4. The summed E-state index contributed by atoms with van der Waals surface area (Å²) in [6, 6.07) is 13.1. The van der Waals surface area contributed by atoms with Crippen molar-refractivity contribution >= 4 is 21.6 Å². The van der Waals surface area contributed by atoms with Crippen LogP contribution in [0.15, 0.2) is 53.4 Å². The Bertz CT molecular complexity index is 859. The molecule has 1 aliphatic rings. The standard InChI is InChI=1S/C18H20N2O4S/c1-2-24-17-6-4-3-5-16(17)19-18(21)13-7-11-15(12-8-13)25(22,23)20-14-9-10-14/h3-8,11-12,14,20H,2,9-10H2,1H3,(H,19,21). The number of carbonyl (C=O) groups is 1. The lowest BCUT2D eigenvalue weighted by molar-refractivity contribution is 0.102. The third-order valence-corrected chi connectivity index (χ3v) is 5.30. The van der Waals surface area contributed by atoms with Gasteiger partial charge in [0.15, 0.2) is 0 Å². The minimum atomic E-state index is -3.51. The Kier molecular flexibility index (Phi) is 5.06. The number of benzene rings is 2. The second-order valence-corrected chi connectivity index (χ2v) is 7.52. The van der Waals surface area contributed by atoms with Gasteiger partial charge in [0.05, 0.1) is 17.2 Å². The largest absolute Gasteiger partial charge is 0.492 e. The maximum Gasteiger partial charge on any atom is 0.255 e. The van der Waals surface area contributed by atoms with E-state index in [0.717, 1.165) is 12.8 Å². The molecule has 0 unspecified atom stereocenters. The molecule has 0 aromatic heterocycles. The summed E-state index contributed by atoms with van der Waals surface area (Å²) in [5.74, 6) is 0.262. The second-order valence-electron chi connectivity index (χ2n) is 5.80. The van der Waals surface area contributed by atoms with Crippen LogP contribution in [0.25, 0.3) is 0 Å². The first-order valence-electron chi connectivity index (χ1n) is 8.15. The molecule has 0 atom stereocenters. The molecule has 0 spiro atoms. The van der Waals surface area contributed by atoms with Crippen molar-refractivity contribution in [3.63, 3.8) is 0 Å². The van der Waals surface area contributed by atoms with Gasteiger partial charge in [0.25, 0.3) is 5.91 Å². The minimum Gasteiger partial charge on any atom is -0.492 e. The lowest BCUT2D eigenvalue weighted by atomic mass is 10.2. The third-order valence-electron chi connectivity index (χ3n) is 3.76. The maximum atomic E-state index is 12.4. The van der Waals surface area contributed by atoms with Crippen LogP contribution in [0.2, 0.25) is 0 Å². The van der Waals surface area contributed by atoms with Crippen LogP contribution in [-0.2, 0) is 10.0 Å². The number of para-hydroxylation sites is 2. The van der Waals surface area contributed by atoms with Gasteiger partial charge >= 0.3 is 0 Å². The van der Waals surface area contributed by atoms with Gasteiger partial charge in [-0.15, -0.1) is 0 Å². The monoisotopic (exact) mass is 360 g/mol. The van der Waals surface area contributed by atoms with Crippen LogP contribution >= 0.6 is 0 Å². The number of carbonyl (C=O) groups excluding carboxylic acids is 1. The summed E-state index contributed by atoms with van der Waals surface area (Å²) in [5.41, 5.74) is 0.943. The van der Waals surface area contributed by atoms with Crippen molar-refractivity contribution in [3.05, 3.63) is 54.1 Å². The number of nitrogens with one attached hydrogen (secondary N) is 2. The fourth-order valence-electron chi connectivity index (χ4n) is 2.32. The predicted molar refractivity (Wildman–Crippen MR) is 95.3 cm³/mol. The topological polar surface area (TPSA) is 84.5 Å². The van der Waals surface area contributed by atoms with E-state index in [1.165, 1.54) is 24.3 Å². The van der Waals surface area contributed by atoms with Crippen molar-refractivity contribution in [2.45, 2.75) is 30.7 Å². The fraction of sp³-hybridized carbons (Fsp3) is 0.278. The summed E-state index contributed by atoms with van der Waals surface area (Å²) >= 11 is 0. The number of sulfonamides is 1. The average molecular weight is 360 g/mol. The average Bonchev–Trinajstić information content (AvgIpc) is 3.40. The summed E-state index contributed by atoms with van der Waals surface area (Å²) in [6.45, 7) is 2.36. The molecule has 0 bridgehead atoms. The Hall–Kier alpha value is -2.38. The summed E-state index contributed by atoms with van der Waals surface area (Å²) in [7, 11) is -3.51. The van der Waals surface area contributed by atoms with Crippen molar-refractivity contribution in [2.75, 3.05) is 11.9 Å². The third kappa shape index (κ3) is 4.37. The van der Waals surface area contributed by atoms with E-state index >= 15 is 0 Å². The van der Waals surface area contributed by atoms with Gasteiger partial charge in [-0.2, -0.15) is 0 Å². The van der Waals surface area contributed by atoms with Crippen LogP contribution in [0, 0.1) is 0 Å². The van der Waals surface area contributed by atoms with Crippen LogP contribution in [-0.4, -0.2) is 27.0 Å². The highest BCUT2D eigenvalue weighted by Gasteiger charge is 2.28. The van der Waals surface area contributed by atoms with Crippen LogP contribution in [0.3, 0.4) is 0 Å². The number of hydrogen-bond donors (Lipinski definition) is 2. The first-order chi connectivity index (χ1) is 12.0. The van der Waals surface area contributed by atoms with Gasteiger partial charge in [-0.25, -0.2) is 13.1 Å². The van der Waals surface area contributed by atoms with Crippen molar-refractivity contribution in [1.29, 1.82) is 0 Å². The molecule has 7 heteroatoms. The Balaban J connectivity index is 1.73. The highest BCUT2D eigenvalue weighted by Crippen LogP contribution is 2.25. The van der Waals surface area contributed by atoms with Crippen LogP contribution in [0.4, 0.5) is 5.69 Å². The van der Waals surface area contributed by atoms with Crippen molar-refractivity contribution in [2.24, 2.45) is 0 Å². The maximum absolute atomic E-state index is 12.4. The van der Waals surface area contributed by atoms with Crippen molar-refractivity contribution in [1.82, 2.24) is 4.72 Å². The molecule has 1 aliphatic carbocycles. The molecule has 2 N–H and O–H groups in total. The Morgan fingerprint density at radius 1 is 1.12 bits per heavy atom. The fourth-order valence-corrected chi connectivity index (χ4v) is 3.62. The molecule has 2 aromatic rings. The van der Waals surface area contributed by atoms with E-state index in [4.69, 9.17) is 4.74 Å². The molecule has 0 aliphatic heterocycles. The Morgan fingerprint density at radius 3 is 2.44 bits per heavy atom. The highest BCUT2D eigenvalue weighted by molar-refractivity contribution is 7.89. The lowest BCUT2D eigenvalue weighted by Gasteiger charge is -2.11. The highest BCUT2D eigenvalue weighted by atomic mass is 32.2. The zero-order valence-electron chi connectivity index (χ0n) is 13.9. The van der Waals surface area contributed by atoms with Gasteiger partial charge in [0.1, 0.15) is 5.75 Å². The molecule has 132 valence electrons. The first kappa shape index (κ1) is 17.4. The molecular formula is C18H20N2O4S. The number of ether oxygens (including phenoxy) is 1. The number of anilines is 1. The van der Waals surface area contributed by atoms with Gasteiger partial charge in [-0.3, -0.25) is 4.79 Å². The molecule has 0 heterocycles. The molecule has 3 rings (SSSR count). The minimum absolute atomic E-state index is 0.0445. The number of amides is 1. The molecule has 1 fully saturated rings. The number of rotatable bonds is 7. The molecule has 25 heavy (non-hydrogen) atoms. The van der Waals surface area contributed by atoms with E-state index < -0.39 is 10.0 Å². The van der Waals surface area contributed by atoms with Crippen molar-refractivity contribution < 1.29 is 17.9 Å². The van der Waals surface area contributed by atoms with Gasteiger partial charge in [0.2, 0.25) is 10.0 Å². The first-order valence-corrected chi connectivity index (χ1v) is 9.63. The Labute approximate surface area is 147 Å². The van der Waals surface area contributed by atoms with Gasteiger partial charge in [-0.05, 0) is 56.2 Å². The van der Waals surface area contributed by atoms with E-state index in [0.29, 0.717) is 23.6 Å². The lowest BCUT2D eigenvalue weighted by Crippen LogP contribution is -2.25. The molecular weight excluding hydrogens is 340 g/mol. The van der Waals surface area contributed by atoms with E-state index in [9.17, 15) is 13.2 Å². The van der Waals surface area contributed by atoms with Crippen LogP contribution in [0.5, 0.6) is 5.75 Å². The summed E-state index contributed by atoms with van der Waals surface area (Å²) in [4.78, 5) is 12.5. The van der Waals surface area contributed by atoms with E-state index in [2.05, 4.69) is 10.0 Å². The van der Waals surface area contributed by atoms with Gasteiger partial charge in [-0.1, -0.05) is 12.1 Å². The predicted octanol–water partition coefficient (Wildman–Crippen LogP) is 2.78. The smallest absolute Gasteiger partial charge is 0.255 e. The van der Waals surface area contributed by atoms with Gasteiger partial charge < -0.3 is 10.1 Å². The van der Waals surface area contributed by atoms with Crippen molar-refractivity contribution in [3.8, 4) is 5.75 Å².